The number of rotatable bonds is 3. The summed E-state index contributed by atoms with van der Waals surface area (Å²) in [6, 6.07) is 11.6. The van der Waals surface area contributed by atoms with Crippen molar-refractivity contribution in [3.63, 3.8) is 0 Å². The quantitative estimate of drug-likeness (QED) is 0.739. The Labute approximate surface area is 127 Å². The van der Waals surface area contributed by atoms with E-state index in [2.05, 4.69) is 25.1 Å². The van der Waals surface area contributed by atoms with Crippen molar-refractivity contribution in [2.75, 3.05) is 18.0 Å². The van der Waals surface area contributed by atoms with Crippen LogP contribution in [0.4, 0.5) is 5.95 Å². The Kier molecular flexibility index (Phi) is 3.27. The molecule has 0 amide bonds. The molecule has 3 heterocycles. The van der Waals surface area contributed by atoms with Crippen LogP contribution >= 0.6 is 0 Å². The largest absolute Gasteiger partial charge is 0.420 e. The average molecular weight is 293 g/mol. The van der Waals surface area contributed by atoms with E-state index in [-0.39, 0.29) is 5.92 Å². The highest BCUT2D eigenvalue weighted by Crippen LogP contribution is 2.29. The minimum Gasteiger partial charge on any atom is -0.420 e. The van der Waals surface area contributed by atoms with Gasteiger partial charge in [-0.05, 0) is 24.6 Å². The summed E-state index contributed by atoms with van der Waals surface area (Å²) in [6.45, 7) is 1.71. The number of benzene rings is 1. The molecule has 0 N–H and O–H groups in total. The van der Waals surface area contributed by atoms with E-state index >= 15 is 0 Å². The van der Waals surface area contributed by atoms with E-state index in [1.165, 1.54) is 0 Å². The molecule has 1 fully saturated rings. The van der Waals surface area contributed by atoms with Gasteiger partial charge >= 0.3 is 0 Å². The molecular formula is C16H15N5O. The maximum absolute atomic E-state index is 5.85. The van der Waals surface area contributed by atoms with Gasteiger partial charge in [-0.15, -0.1) is 10.2 Å². The zero-order valence-electron chi connectivity index (χ0n) is 12.0. The monoisotopic (exact) mass is 293 g/mol. The van der Waals surface area contributed by atoms with Gasteiger partial charge in [-0.25, -0.2) is 9.97 Å². The fourth-order valence-corrected chi connectivity index (χ4v) is 2.69. The Morgan fingerprint density at radius 2 is 1.82 bits per heavy atom. The third kappa shape index (κ3) is 2.43. The van der Waals surface area contributed by atoms with E-state index in [9.17, 15) is 0 Å². The molecule has 1 unspecified atom stereocenters. The van der Waals surface area contributed by atoms with Crippen LogP contribution in [-0.2, 0) is 0 Å². The minimum atomic E-state index is 0.230. The van der Waals surface area contributed by atoms with Crippen LogP contribution in [0.25, 0.3) is 11.5 Å². The first-order valence-electron chi connectivity index (χ1n) is 7.31. The number of aromatic nitrogens is 4. The van der Waals surface area contributed by atoms with Crippen LogP contribution in [0.3, 0.4) is 0 Å². The minimum absolute atomic E-state index is 0.230. The molecule has 0 bridgehead atoms. The fourth-order valence-electron chi connectivity index (χ4n) is 2.69. The molecule has 0 radical (unpaired) electrons. The van der Waals surface area contributed by atoms with Gasteiger partial charge in [0.15, 0.2) is 0 Å². The number of anilines is 1. The molecule has 1 saturated heterocycles. The van der Waals surface area contributed by atoms with E-state index in [0.29, 0.717) is 11.8 Å². The molecule has 0 aliphatic carbocycles. The summed E-state index contributed by atoms with van der Waals surface area (Å²) in [6.07, 6.45) is 4.49. The van der Waals surface area contributed by atoms with Gasteiger partial charge in [0.25, 0.3) is 0 Å². The molecular weight excluding hydrogens is 278 g/mol. The third-order valence-corrected chi connectivity index (χ3v) is 3.83. The summed E-state index contributed by atoms with van der Waals surface area (Å²) in [5.41, 5.74) is 0.947. The predicted molar refractivity (Wildman–Crippen MR) is 81.3 cm³/mol. The van der Waals surface area contributed by atoms with Crippen molar-refractivity contribution in [3.05, 3.63) is 54.7 Å². The van der Waals surface area contributed by atoms with Crippen LogP contribution in [0, 0.1) is 0 Å². The summed E-state index contributed by atoms with van der Waals surface area (Å²) >= 11 is 0. The van der Waals surface area contributed by atoms with Crippen molar-refractivity contribution in [2.45, 2.75) is 12.3 Å². The van der Waals surface area contributed by atoms with Gasteiger partial charge in [0, 0.05) is 31.0 Å². The van der Waals surface area contributed by atoms with E-state index in [0.717, 1.165) is 31.0 Å². The van der Waals surface area contributed by atoms with Crippen molar-refractivity contribution in [2.24, 2.45) is 0 Å². The molecule has 6 nitrogen and oxygen atoms in total. The molecule has 0 spiro atoms. The first kappa shape index (κ1) is 12.9. The first-order valence-corrected chi connectivity index (χ1v) is 7.31. The van der Waals surface area contributed by atoms with Crippen molar-refractivity contribution in [3.8, 4) is 11.5 Å². The van der Waals surface area contributed by atoms with Gasteiger partial charge in [-0.2, -0.15) is 0 Å². The van der Waals surface area contributed by atoms with Gasteiger partial charge in [0.1, 0.15) is 0 Å². The second-order valence-electron chi connectivity index (χ2n) is 5.29. The Hall–Kier alpha value is -2.76. The molecule has 3 aromatic rings. The highest BCUT2D eigenvalue weighted by atomic mass is 16.4. The van der Waals surface area contributed by atoms with Gasteiger partial charge in [-0.1, -0.05) is 18.2 Å². The highest BCUT2D eigenvalue weighted by Gasteiger charge is 2.29. The maximum atomic E-state index is 5.85. The smallest absolute Gasteiger partial charge is 0.247 e. The standard InChI is InChI=1S/C16H15N5O/c1-2-5-12(6-3-1)14-19-20-15(22-14)13-7-10-21(11-13)16-17-8-4-9-18-16/h1-6,8-9,13H,7,10-11H2. The van der Waals surface area contributed by atoms with E-state index in [1.54, 1.807) is 12.4 Å². The molecule has 22 heavy (non-hydrogen) atoms. The highest BCUT2D eigenvalue weighted by molar-refractivity contribution is 5.51. The molecule has 110 valence electrons. The van der Waals surface area contributed by atoms with Crippen LogP contribution < -0.4 is 4.90 Å². The summed E-state index contributed by atoms with van der Waals surface area (Å²) < 4.78 is 5.85. The van der Waals surface area contributed by atoms with Gasteiger partial charge in [0.2, 0.25) is 17.7 Å². The zero-order chi connectivity index (χ0) is 14.8. The Balaban J connectivity index is 1.51. The van der Waals surface area contributed by atoms with Crippen molar-refractivity contribution < 1.29 is 4.42 Å². The topological polar surface area (TPSA) is 67.9 Å². The normalized spacial score (nSPS) is 17.8. The number of hydrogen-bond donors (Lipinski definition) is 0. The molecule has 2 aromatic heterocycles. The Bertz CT molecular complexity index is 743. The molecule has 1 aromatic carbocycles. The van der Waals surface area contributed by atoms with Crippen molar-refractivity contribution >= 4 is 5.95 Å². The third-order valence-electron chi connectivity index (χ3n) is 3.83. The Morgan fingerprint density at radius 1 is 1.00 bits per heavy atom. The fraction of sp³-hybridized carbons (Fsp3) is 0.250. The molecule has 6 heteroatoms. The number of nitrogens with zero attached hydrogens (tertiary/aromatic N) is 5. The lowest BCUT2D eigenvalue weighted by Crippen LogP contribution is -2.21. The van der Waals surface area contributed by atoms with Crippen LogP contribution in [-0.4, -0.2) is 33.3 Å². The lowest BCUT2D eigenvalue weighted by Gasteiger charge is -2.14. The van der Waals surface area contributed by atoms with Crippen molar-refractivity contribution in [1.29, 1.82) is 0 Å². The SMILES string of the molecule is c1ccc(-c2nnc(C3CCN(c4ncccn4)C3)o2)cc1. The van der Waals surface area contributed by atoms with E-state index in [1.807, 2.05) is 36.4 Å². The Morgan fingerprint density at radius 3 is 2.64 bits per heavy atom. The molecule has 1 aliphatic heterocycles. The molecule has 4 rings (SSSR count). The molecule has 0 saturated carbocycles. The molecule has 1 aliphatic rings. The zero-order valence-corrected chi connectivity index (χ0v) is 12.0. The average Bonchev–Trinajstić information content (AvgIpc) is 3.26. The summed E-state index contributed by atoms with van der Waals surface area (Å²) in [4.78, 5) is 10.7. The molecule has 1 atom stereocenters. The van der Waals surface area contributed by atoms with Gasteiger partial charge < -0.3 is 9.32 Å². The van der Waals surface area contributed by atoms with E-state index < -0.39 is 0 Å². The lowest BCUT2D eigenvalue weighted by atomic mass is 10.1. The summed E-state index contributed by atoms with van der Waals surface area (Å²) in [7, 11) is 0. The van der Waals surface area contributed by atoms with Gasteiger partial charge in [0.05, 0.1) is 5.92 Å². The predicted octanol–water partition coefficient (Wildman–Crippen LogP) is 2.52. The maximum Gasteiger partial charge on any atom is 0.247 e. The van der Waals surface area contributed by atoms with Gasteiger partial charge in [-0.3, -0.25) is 0 Å². The van der Waals surface area contributed by atoms with Crippen molar-refractivity contribution in [1.82, 2.24) is 20.2 Å². The summed E-state index contributed by atoms with van der Waals surface area (Å²) in [5, 5.41) is 8.38. The second-order valence-corrected chi connectivity index (χ2v) is 5.29. The first-order chi connectivity index (χ1) is 10.9. The van der Waals surface area contributed by atoms with Crippen LogP contribution in [0.2, 0.25) is 0 Å². The number of hydrogen-bond acceptors (Lipinski definition) is 6. The second kappa shape index (κ2) is 5.55. The summed E-state index contributed by atoms with van der Waals surface area (Å²) in [5.74, 6) is 2.25. The van der Waals surface area contributed by atoms with Crippen LogP contribution in [0.1, 0.15) is 18.2 Å². The van der Waals surface area contributed by atoms with Crippen LogP contribution in [0.5, 0.6) is 0 Å². The van der Waals surface area contributed by atoms with Crippen LogP contribution in [0.15, 0.2) is 53.2 Å². The lowest BCUT2D eigenvalue weighted by molar-refractivity contribution is 0.468. The van der Waals surface area contributed by atoms with E-state index in [4.69, 9.17) is 4.42 Å².